The number of nitrogens with one attached hydrogen (secondary N) is 1. The Morgan fingerprint density at radius 2 is 1.88 bits per heavy atom. The molecule has 0 aliphatic rings. The lowest BCUT2D eigenvalue weighted by Gasteiger charge is -2.13. The minimum absolute atomic E-state index is 0.122. The highest BCUT2D eigenvalue weighted by molar-refractivity contribution is 6.37. The summed E-state index contributed by atoms with van der Waals surface area (Å²) in [6.07, 6.45) is -0.808. The molecule has 1 aromatic heterocycles. The van der Waals surface area contributed by atoms with E-state index in [0.717, 1.165) is 5.56 Å². The van der Waals surface area contributed by atoms with Crippen molar-refractivity contribution in [3.05, 3.63) is 39.0 Å². The smallest absolute Gasteiger partial charge is 0.412 e. The average molecular weight is 416 g/mol. The maximum absolute atomic E-state index is 11.5. The number of halogens is 3. The fraction of sp³-hybridized carbons (Fsp3) is 0.250. The van der Waals surface area contributed by atoms with Gasteiger partial charge in [-0.05, 0) is 23.6 Å². The molecule has 0 spiro atoms. The second-order valence-electron chi connectivity index (χ2n) is 5.31. The Morgan fingerprint density at radius 3 is 2.46 bits per heavy atom. The van der Waals surface area contributed by atoms with Gasteiger partial charge in [-0.15, -0.1) is 10.2 Å². The highest BCUT2D eigenvalue weighted by atomic mass is 35.5. The van der Waals surface area contributed by atoms with Crippen molar-refractivity contribution in [1.82, 2.24) is 10.2 Å². The Morgan fingerprint density at radius 1 is 1.23 bits per heavy atom. The molecule has 0 fully saturated rings. The van der Waals surface area contributed by atoms with Crippen molar-refractivity contribution in [2.75, 3.05) is 11.9 Å². The van der Waals surface area contributed by atoms with Crippen LogP contribution in [0.25, 0.3) is 0 Å². The summed E-state index contributed by atoms with van der Waals surface area (Å²) in [5, 5.41) is 19.1. The number of nitrogens with zero attached hydrogens (tertiary/aromatic N) is 3. The molecule has 7 nitrogen and oxygen atoms in total. The summed E-state index contributed by atoms with van der Waals surface area (Å²) in [5.41, 5.74) is 1.04. The highest BCUT2D eigenvalue weighted by Crippen LogP contribution is 2.39. The van der Waals surface area contributed by atoms with Crippen LogP contribution < -0.4 is 10.1 Å². The summed E-state index contributed by atoms with van der Waals surface area (Å²) in [5.74, 6) is 0.448. The first-order valence-corrected chi connectivity index (χ1v) is 8.46. The monoisotopic (exact) mass is 414 g/mol. The number of benzene rings is 1. The van der Waals surface area contributed by atoms with Gasteiger partial charge in [-0.25, -0.2) is 4.79 Å². The lowest BCUT2D eigenvalue weighted by atomic mass is 10.1. The van der Waals surface area contributed by atoms with Gasteiger partial charge in [-0.2, -0.15) is 5.26 Å². The first-order chi connectivity index (χ1) is 12.3. The Balaban J connectivity index is 2.22. The lowest BCUT2D eigenvalue weighted by molar-refractivity contribution is 0.175. The van der Waals surface area contributed by atoms with Gasteiger partial charge in [0.1, 0.15) is 6.07 Å². The standard InChI is InChI=1S/C16H13Cl3N4O3/c1-8(2)10-7-13(22-23-15(10)19)26-14-11(17)5-9(6-12(14)18)21-16(24)25-4-3-20/h5-8H,4H2,1-2H3,(H,21,24). The molecule has 1 N–H and O–H groups in total. The van der Waals surface area contributed by atoms with E-state index >= 15 is 0 Å². The molecular weight excluding hydrogens is 403 g/mol. The van der Waals surface area contributed by atoms with E-state index in [1.54, 1.807) is 12.1 Å². The van der Waals surface area contributed by atoms with Crippen LogP contribution in [0.5, 0.6) is 11.6 Å². The molecule has 0 unspecified atom stereocenters. The predicted molar refractivity (Wildman–Crippen MR) is 98.3 cm³/mol. The largest absolute Gasteiger partial charge is 0.434 e. The van der Waals surface area contributed by atoms with Crippen molar-refractivity contribution in [1.29, 1.82) is 5.26 Å². The van der Waals surface area contributed by atoms with E-state index in [0.29, 0.717) is 5.15 Å². The molecule has 0 radical (unpaired) electrons. The number of hydrogen-bond acceptors (Lipinski definition) is 6. The van der Waals surface area contributed by atoms with Crippen LogP contribution in [0.3, 0.4) is 0 Å². The third-order valence-electron chi connectivity index (χ3n) is 3.09. The maximum Gasteiger partial charge on any atom is 0.412 e. The summed E-state index contributed by atoms with van der Waals surface area (Å²) in [4.78, 5) is 11.5. The van der Waals surface area contributed by atoms with Crippen LogP contribution in [-0.2, 0) is 4.74 Å². The van der Waals surface area contributed by atoms with Crippen molar-refractivity contribution in [3.8, 4) is 17.7 Å². The molecule has 1 heterocycles. The van der Waals surface area contributed by atoms with E-state index in [1.807, 2.05) is 13.8 Å². The quantitative estimate of drug-likeness (QED) is 0.700. The van der Waals surface area contributed by atoms with E-state index in [2.05, 4.69) is 20.3 Å². The first kappa shape index (κ1) is 20.0. The summed E-state index contributed by atoms with van der Waals surface area (Å²) in [6.45, 7) is 3.54. The molecule has 1 aromatic carbocycles. The molecule has 1 amide bonds. The molecule has 0 bridgehead atoms. The lowest BCUT2D eigenvalue weighted by Crippen LogP contribution is -2.13. The molecule has 10 heteroatoms. The van der Waals surface area contributed by atoms with Crippen molar-refractivity contribution in [3.63, 3.8) is 0 Å². The molecule has 26 heavy (non-hydrogen) atoms. The number of carbonyl (C=O) groups excluding carboxylic acids is 1. The molecule has 136 valence electrons. The number of amides is 1. The van der Waals surface area contributed by atoms with Crippen LogP contribution >= 0.6 is 34.8 Å². The zero-order valence-electron chi connectivity index (χ0n) is 13.7. The number of hydrogen-bond donors (Lipinski definition) is 1. The van der Waals surface area contributed by atoms with Crippen molar-refractivity contribution < 1.29 is 14.3 Å². The van der Waals surface area contributed by atoms with Crippen LogP contribution in [0.1, 0.15) is 25.3 Å². The number of aromatic nitrogens is 2. The van der Waals surface area contributed by atoms with E-state index in [1.165, 1.54) is 12.1 Å². The molecule has 0 aliphatic carbocycles. The number of nitriles is 1. The van der Waals surface area contributed by atoms with Crippen LogP contribution in [0.2, 0.25) is 15.2 Å². The summed E-state index contributed by atoms with van der Waals surface area (Å²) in [6, 6.07) is 6.17. The number of ether oxygens (including phenoxy) is 2. The topological polar surface area (TPSA) is 97.1 Å². The Hall–Kier alpha value is -2.27. The van der Waals surface area contributed by atoms with Gasteiger partial charge in [0.05, 0.1) is 10.0 Å². The zero-order valence-corrected chi connectivity index (χ0v) is 16.0. The fourth-order valence-electron chi connectivity index (χ4n) is 1.91. The minimum atomic E-state index is -0.808. The van der Waals surface area contributed by atoms with Gasteiger partial charge in [0.25, 0.3) is 0 Å². The Labute approximate surface area is 164 Å². The van der Waals surface area contributed by atoms with Crippen LogP contribution in [0.15, 0.2) is 18.2 Å². The number of rotatable bonds is 5. The number of anilines is 1. The van der Waals surface area contributed by atoms with Gasteiger partial charge in [-0.3, -0.25) is 5.32 Å². The normalized spacial score (nSPS) is 10.3. The highest BCUT2D eigenvalue weighted by Gasteiger charge is 2.16. The predicted octanol–water partition coefficient (Wildman–Crippen LogP) is 5.42. The zero-order chi connectivity index (χ0) is 19.3. The summed E-state index contributed by atoms with van der Waals surface area (Å²) < 4.78 is 10.2. The molecule has 0 saturated carbocycles. The second kappa shape index (κ2) is 8.90. The van der Waals surface area contributed by atoms with Gasteiger partial charge in [0, 0.05) is 11.8 Å². The summed E-state index contributed by atoms with van der Waals surface area (Å²) in [7, 11) is 0. The SMILES string of the molecule is CC(C)c1cc(Oc2c(Cl)cc(NC(=O)OCC#N)cc2Cl)nnc1Cl. The van der Waals surface area contributed by atoms with Gasteiger partial charge in [0.2, 0.25) is 5.88 Å². The van der Waals surface area contributed by atoms with Gasteiger partial charge in [-0.1, -0.05) is 48.7 Å². The molecule has 0 saturated heterocycles. The third-order valence-corrected chi connectivity index (χ3v) is 3.95. The third kappa shape index (κ3) is 5.11. The average Bonchev–Trinajstić information content (AvgIpc) is 2.57. The van der Waals surface area contributed by atoms with Crippen LogP contribution in [0, 0.1) is 11.3 Å². The van der Waals surface area contributed by atoms with Crippen molar-refractivity contribution in [2.24, 2.45) is 0 Å². The Kier molecular flexibility index (Phi) is 6.86. The fourth-order valence-corrected chi connectivity index (χ4v) is 2.79. The first-order valence-electron chi connectivity index (χ1n) is 7.32. The minimum Gasteiger partial charge on any atom is -0.434 e. The Bertz CT molecular complexity index is 845. The molecular formula is C16H13Cl3N4O3. The maximum atomic E-state index is 11.5. The second-order valence-corrected chi connectivity index (χ2v) is 6.49. The van der Waals surface area contributed by atoms with E-state index in [-0.39, 0.29) is 39.9 Å². The van der Waals surface area contributed by atoms with Crippen LogP contribution in [-0.4, -0.2) is 22.9 Å². The molecule has 2 aromatic rings. The molecule has 2 rings (SSSR count). The van der Waals surface area contributed by atoms with E-state index in [9.17, 15) is 4.79 Å². The molecule has 0 aliphatic heterocycles. The van der Waals surface area contributed by atoms with Crippen molar-refractivity contribution in [2.45, 2.75) is 19.8 Å². The summed E-state index contributed by atoms with van der Waals surface area (Å²) >= 11 is 18.4. The van der Waals surface area contributed by atoms with E-state index < -0.39 is 6.09 Å². The van der Waals surface area contributed by atoms with Crippen molar-refractivity contribution >= 4 is 46.6 Å². The van der Waals surface area contributed by atoms with Crippen LogP contribution in [0.4, 0.5) is 10.5 Å². The van der Waals surface area contributed by atoms with Gasteiger partial charge in [0.15, 0.2) is 17.5 Å². The number of carbonyl (C=O) groups is 1. The van der Waals surface area contributed by atoms with Gasteiger partial charge < -0.3 is 9.47 Å². The molecule has 0 atom stereocenters. The van der Waals surface area contributed by atoms with Gasteiger partial charge >= 0.3 is 6.09 Å². The van der Waals surface area contributed by atoms with E-state index in [4.69, 9.17) is 44.8 Å².